The Morgan fingerprint density at radius 3 is 2.67 bits per heavy atom. The molecule has 0 atom stereocenters. The van der Waals surface area contributed by atoms with E-state index in [1.807, 2.05) is 0 Å². The average molecular weight is 205 g/mol. The zero-order chi connectivity index (χ0) is 10.9. The van der Waals surface area contributed by atoms with Crippen LogP contribution in [0.15, 0.2) is 18.2 Å². The summed E-state index contributed by atoms with van der Waals surface area (Å²) in [5, 5.41) is 9.12. The molecule has 1 aliphatic rings. The summed E-state index contributed by atoms with van der Waals surface area (Å²) in [7, 11) is 1.43. The van der Waals surface area contributed by atoms with Crippen molar-refractivity contribution in [3.8, 4) is 11.8 Å². The summed E-state index contributed by atoms with van der Waals surface area (Å²) >= 11 is 0. The van der Waals surface area contributed by atoms with E-state index >= 15 is 0 Å². The third-order valence-electron chi connectivity index (χ3n) is 3.12. The van der Waals surface area contributed by atoms with E-state index in [9.17, 15) is 4.39 Å². The second-order valence-corrected chi connectivity index (χ2v) is 3.87. The first kappa shape index (κ1) is 9.97. The molecule has 1 aliphatic carbocycles. The number of hydrogen-bond donors (Lipinski definition) is 0. The lowest BCUT2D eigenvalue weighted by Gasteiger charge is -2.35. The Hall–Kier alpha value is -1.56. The van der Waals surface area contributed by atoms with Crippen LogP contribution in [0.1, 0.15) is 24.8 Å². The van der Waals surface area contributed by atoms with Crippen LogP contribution in [0.3, 0.4) is 0 Å². The lowest BCUT2D eigenvalue weighted by molar-refractivity contribution is 0.305. The highest BCUT2D eigenvalue weighted by molar-refractivity contribution is 5.41. The van der Waals surface area contributed by atoms with Gasteiger partial charge in [0.2, 0.25) is 0 Å². The smallest absolute Gasteiger partial charge is 0.169 e. The number of hydrogen-bond acceptors (Lipinski definition) is 2. The SMILES string of the molecule is COc1cccc(C2(C#N)CCC2)c1F. The van der Waals surface area contributed by atoms with Crippen LogP contribution in [-0.4, -0.2) is 7.11 Å². The molecule has 1 saturated carbocycles. The van der Waals surface area contributed by atoms with Crippen LogP contribution in [0, 0.1) is 17.1 Å². The Morgan fingerprint density at radius 1 is 1.47 bits per heavy atom. The molecular formula is C12H12FNO. The minimum absolute atomic E-state index is 0.217. The molecule has 0 aromatic heterocycles. The average Bonchev–Trinajstić information content (AvgIpc) is 2.20. The van der Waals surface area contributed by atoms with Gasteiger partial charge in [0.25, 0.3) is 0 Å². The van der Waals surface area contributed by atoms with E-state index in [-0.39, 0.29) is 11.6 Å². The predicted molar refractivity (Wildman–Crippen MR) is 54.1 cm³/mol. The molecular weight excluding hydrogens is 193 g/mol. The van der Waals surface area contributed by atoms with Gasteiger partial charge in [-0.1, -0.05) is 12.1 Å². The maximum atomic E-state index is 13.9. The predicted octanol–water partition coefficient (Wildman–Crippen LogP) is 2.78. The molecule has 0 heterocycles. The van der Waals surface area contributed by atoms with Gasteiger partial charge < -0.3 is 4.74 Å². The molecule has 2 rings (SSSR count). The van der Waals surface area contributed by atoms with Crippen LogP contribution in [0.5, 0.6) is 5.75 Å². The van der Waals surface area contributed by atoms with Crippen molar-refractivity contribution in [1.82, 2.24) is 0 Å². The Labute approximate surface area is 88.3 Å². The third-order valence-corrected chi connectivity index (χ3v) is 3.12. The summed E-state index contributed by atoms with van der Waals surface area (Å²) in [5.41, 5.74) is -0.130. The van der Waals surface area contributed by atoms with Crippen molar-refractivity contribution in [3.63, 3.8) is 0 Å². The van der Waals surface area contributed by atoms with Gasteiger partial charge in [-0.2, -0.15) is 5.26 Å². The van der Waals surface area contributed by atoms with E-state index in [0.29, 0.717) is 5.56 Å². The first-order chi connectivity index (χ1) is 7.23. The van der Waals surface area contributed by atoms with Crippen molar-refractivity contribution >= 4 is 0 Å². The topological polar surface area (TPSA) is 33.0 Å². The Balaban J connectivity index is 2.49. The monoisotopic (exact) mass is 205 g/mol. The molecule has 78 valence electrons. The van der Waals surface area contributed by atoms with E-state index in [2.05, 4.69) is 6.07 Å². The second-order valence-electron chi connectivity index (χ2n) is 3.87. The van der Waals surface area contributed by atoms with Crippen LogP contribution in [0.2, 0.25) is 0 Å². The Morgan fingerprint density at radius 2 is 2.20 bits per heavy atom. The van der Waals surface area contributed by atoms with E-state index < -0.39 is 5.41 Å². The van der Waals surface area contributed by atoms with Crippen molar-refractivity contribution in [3.05, 3.63) is 29.6 Å². The van der Waals surface area contributed by atoms with Gasteiger partial charge in [-0.25, -0.2) is 4.39 Å². The van der Waals surface area contributed by atoms with Gasteiger partial charge in [0, 0.05) is 5.56 Å². The van der Waals surface area contributed by atoms with Gasteiger partial charge in [0.15, 0.2) is 11.6 Å². The van der Waals surface area contributed by atoms with Crippen LogP contribution in [0.25, 0.3) is 0 Å². The normalized spacial score (nSPS) is 17.7. The van der Waals surface area contributed by atoms with E-state index in [1.165, 1.54) is 7.11 Å². The fourth-order valence-corrected chi connectivity index (χ4v) is 2.01. The standard InChI is InChI=1S/C12H12FNO/c1-15-10-5-2-4-9(11(10)13)12(8-14)6-3-7-12/h2,4-5H,3,6-7H2,1H3. The summed E-state index contributed by atoms with van der Waals surface area (Å²) < 4.78 is 18.8. The van der Waals surface area contributed by atoms with E-state index in [0.717, 1.165) is 19.3 Å². The second kappa shape index (κ2) is 3.54. The maximum Gasteiger partial charge on any atom is 0.169 e. The summed E-state index contributed by atoms with van der Waals surface area (Å²) in [6, 6.07) is 7.21. The number of nitriles is 1. The summed E-state index contributed by atoms with van der Waals surface area (Å²) in [5.74, 6) is -0.171. The van der Waals surface area contributed by atoms with Gasteiger partial charge in [-0.15, -0.1) is 0 Å². The third kappa shape index (κ3) is 1.37. The van der Waals surface area contributed by atoms with Gasteiger partial charge >= 0.3 is 0 Å². The minimum Gasteiger partial charge on any atom is -0.494 e. The quantitative estimate of drug-likeness (QED) is 0.743. The molecule has 0 saturated heterocycles. The molecule has 0 aliphatic heterocycles. The molecule has 0 amide bonds. The summed E-state index contributed by atoms with van der Waals surface area (Å²) in [4.78, 5) is 0. The zero-order valence-electron chi connectivity index (χ0n) is 8.59. The maximum absolute atomic E-state index is 13.9. The lowest BCUT2D eigenvalue weighted by Crippen LogP contribution is -2.33. The summed E-state index contributed by atoms with van der Waals surface area (Å²) in [6.07, 6.45) is 2.48. The van der Waals surface area contributed by atoms with Crippen molar-refractivity contribution in [2.75, 3.05) is 7.11 Å². The first-order valence-corrected chi connectivity index (χ1v) is 4.98. The van der Waals surface area contributed by atoms with E-state index in [4.69, 9.17) is 10.00 Å². The number of ether oxygens (including phenoxy) is 1. The Bertz CT molecular complexity index is 418. The van der Waals surface area contributed by atoms with Crippen molar-refractivity contribution in [2.24, 2.45) is 0 Å². The van der Waals surface area contributed by atoms with Crippen molar-refractivity contribution in [1.29, 1.82) is 5.26 Å². The molecule has 0 unspecified atom stereocenters. The summed E-state index contributed by atoms with van der Waals surface area (Å²) in [6.45, 7) is 0. The fourth-order valence-electron chi connectivity index (χ4n) is 2.01. The number of methoxy groups -OCH3 is 1. The van der Waals surface area contributed by atoms with Crippen LogP contribution in [-0.2, 0) is 5.41 Å². The van der Waals surface area contributed by atoms with E-state index in [1.54, 1.807) is 18.2 Å². The Kier molecular flexibility index (Phi) is 2.36. The van der Waals surface area contributed by atoms with Crippen molar-refractivity contribution in [2.45, 2.75) is 24.7 Å². The van der Waals surface area contributed by atoms with Crippen molar-refractivity contribution < 1.29 is 9.13 Å². The molecule has 0 bridgehead atoms. The minimum atomic E-state index is -0.612. The molecule has 0 spiro atoms. The van der Waals surface area contributed by atoms with Gasteiger partial charge in [-0.3, -0.25) is 0 Å². The first-order valence-electron chi connectivity index (χ1n) is 4.98. The number of benzene rings is 1. The highest BCUT2D eigenvalue weighted by atomic mass is 19.1. The van der Waals surface area contributed by atoms with Gasteiger partial charge in [0.1, 0.15) is 0 Å². The highest BCUT2D eigenvalue weighted by Crippen LogP contribution is 2.45. The molecule has 0 N–H and O–H groups in total. The fraction of sp³-hybridized carbons (Fsp3) is 0.417. The number of rotatable bonds is 2. The molecule has 1 fully saturated rings. The zero-order valence-corrected chi connectivity index (χ0v) is 8.59. The lowest BCUT2D eigenvalue weighted by atomic mass is 9.65. The molecule has 2 nitrogen and oxygen atoms in total. The molecule has 1 aromatic rings. The van der Waals surface area contributed by atoms with Gasteiger partial charge in [-0.05, 0) is 25.3 Å². The molecule has 3 heteroatoms. The number of halogens is 1. The molecule has 15 heavy (non-hydrogen) atoms. The van der Waals surface area contributed by atoms with Crippen LogP contribution < -0.4 is 4.74 Å². The van der Waals surface area contributed by atoms with Gasteiger partial charge in [0.05, 0.1) is 18.6 Å². The van der Waals surface area contributed by atoms with Crippen LogP contribution >= 0.6 is 0 Å². The number of nitrogens with zero attached hydrogens (tertiary/aromatic N) is 1. The largest absolute Gasteiger partial charge is 0.494 e. The molecule has 0 radical (unpaired) electrons. The molecule has 1 aromatic carbocycles. The highest BCUT2D eigenvalue weighted by Gasteiger charge is 2.41. The van der Waals surface area contributed by atoms with Crippen LogP contribution in [0.4, 0.5) is 4.39 Å².